The molecule has 8 heteroatoms. The molecule has 31 heavy (non-hydrogen) atoms. The van der Waals surface area contributed by atoms with Crippen LogP contribution in [0, 0.1) is 0 Å². The molecule has 1 fully saturated rings. The van der Waals surface area contributed by atoms with Gasteiger partial charge in [0.15, 0.2) is 5.96 Å². The summed E-state index contributed by atoms with van der Waals surface area (Å²) in [6.07, 6.45) is 4.68. The van der Waals surface area contributed by atoms with Gasteiger partial charge in [0, 0.05) is 46.2 Å². The largest absolute Gasteiger partial charge is 0.469 e. The highest BCUT2D eigenvalue weighted by Crippen LogP contribution is 2.13. The zero-order valence-electron chi connectivity index (χ0n) is 18.4. The lowest BCUT2D eigenvalue weighted by atomic mass is 10.0. The van der Waals surface area contributed by atoms with Gasteiger partial charge in [0.05, 0.1) is 6.26 Å². The maximum absolute atomic E-state index is 12.0. The Morgan fingerprint density at radius 3 is 2.74 bits per heavy atom. The molecule has 0 bridgehead atoms. The van der Waals surface area contributed by atoms with E-state index in [1.807, 2.05) is 12.1 Å². The summed E-state index contributed by atoms with van der Waals surface area (Å²) < 4.78 is 5.40. The number of piperidine rings is 1. The van der Waals surface area contributed by atoms with Gasteiger partial charge >= 0.3 is 0 Å². The minimum Gasteiger partial charge on any atom is -0.469 e. The van der Waals surface area contributed by atoms with Crippen molar-refractivity contribution in [2.45, 2.75) is 31.8 Å². The van der Waals surface area contributed by atoms with Crippen LogP contribution < -0.4 is 10.6 Å². The topological polar surface area (TPSA) is 73.1 Å². The van der Waals surface area contributed by atoms with Crippen molar-refractivity contribution in [2.75, 3.05) is 40.3 Å². The second-order valence-corrected chi connectivity index (χ2v) is 7.91. The summed E-state index contributed by atoms with van der Waals surface area (Å²) >= 11 is 0. The zero-order valence-corrected chi connectivity index (χ0v) is 20.7. The summed E-state index contributed by atoms with van der Waals surface area (Å²) in [5, 5.41) is 6.90. The first-order chi connectivity index (χ1) is 14.6. The lowest BCUT2D eigenvalue weighted by molar-refractivity contribution is -0.127. The summed E-state index contributed by atoms with van der Waals surface area (Å²) in [5.41, 5.74) is 1.33. The van der Waals surface area contributed by atoms with Crippen LogP contribution in [0.15, 0.2) is 58.1 Å². The van der Waals surface area contributed by atoms with E-state index in [1.54, 1.807) is 25.3 Å². The van der Waals surface area contributed by atoms with Crippen molar-refractivity contribution in [3.63, 3.8) is 0 Å². The molecule has 1 saturated heterocycles. The second kappa shape index (κ2) is 13.4. The first-order valence-corrected chi connectivity index (χ1v) is 10.6. The molecule has 1 aromatic heterocycles. The minimum atomic E-state index is -0.0171. The van der Waals surface area contributed by atoms with Gasteiger partial charge in [-0.05, 0) is 37.1 Å². The zero-order chi connectivity index (χ0) is 21.2. The number of carbonyl (C=O) groups excluding carboxylic acids is 1. The van der Waals surface area contributed by atoms with Gasteiger partial charge < -0.3 is 20.0 Å². The van der Waals surface area contributed by atoms with Gasteiger partial charge in [-0.25, -0.2) is 4.99 Å². The van der Waals surface area contributed by atoms with Crippen molar-refractivity contribution in [3.8, 4) is 0 Å². The third-order valence-electron chi connectivity index (χ3n) is 5.21. The molecule has 2 aromatic rings. The first-order valence-electron chi connectivity index (χ1n) is 10.6. The fourth-order valence-electron chi connectivity index (χ4n) is 3.55. The number of nitrogens with one attached hydrogen (secondary N) is 2. The Kier molecular flexibility index (Phi) is 10.9. The molecule has 1 aromatic carbocycles. The lowest BCUT2D eigenvalue weighted by Crippen LogP contribution is -2.51. The number of hydrogen-bond donors (Lipinski definition) is 2. The average molecular weight is 539 g/mol. The Morgan fingerprint density at radius 1 is 1.23 bits per heavy atom. The van der Waals surface area contributed by atoms with E-state index in [4.69, 9.17) is 4.42 Å². The van der Waals surface area contributed by atoms with E-state index in [0.717, 1.165) is 44.7 Å². The third kappa shape index (κ3) is 8.90. The van der Waals surface area contributed by atoms with Gasteiger partial charge in [-0.1, -0.05) is 30.3 Å². The van der Waals surface area contributed by atoms with Crippen LogP contribution in [0.3, 0.4) is 0 Å². The fourth-order valence-corrected chi connectivity index (χ4v) is 3.55. The minimum absolute atomic E-state index is 0. The standard InChI is InChI=1S/C23H33N5O2.HI/c1-27(2)22(29)16-25-23(24-13-12-21-11-7-15-30-21)26-20-10-6-14-28(18-20)17-19-8-4-3-5-9-19;/h3-5,7-9,11,15,20H,6,10,12-14,16-18H2,1-2H3,(H2,24,25,26);1H. The van der Waals surface area contributed by atoms with Crippen molar-refractivity contribution in [1.82, 2.24) is 20.4 Å². The van der Waals surface area contributed by atoms with Gasteiger partial charge in [-0.2, -0.15) is 0 Å². The number of halogens is 1. The maximum atomic E-state index is 12.0. The smallest absolute Gasteiger partial charge is 0.243 e. The predicted octanol–water partition coefficient (Wildman–Crippen LogP) is 2.73. The number of guanidine groups is 1. The molecule has 2 heterocycles. The quantitative estimate of drug-likeness (QED) is 0.307. The van der Waals surface area contributed by atoms with E-state index in [-0.39, 0.29) is 36.4 Å². The predicted molar refractivity (Wildman–Crippen MR) is 135 cm³/mol. The number of carbonyl (C=O) groups is 1. The van der Waals surface area contributed by atoms with Crippen LogP contribution >= 0.6 is 24.0 Å². The molecule has 7 nitrogen and oxygen atoms in total. The number of hydrogen-bond acceptors (Lipinski definition) is 4. The van der Waals surface area contributed by atoms with Crippen molar-refractivity contribution in [2.24, 2.45) is 4.99 Å². The SMILES string of the molecule is CN(C)C(=O)CN=C(NCCc1ccco1)NC1CCCN(Cc2ccccc2)C1.I. The second-order valence-electron chi connectivity index (χ2n) is 7.91. The highest BCUT2D eigenvalue weighted by atomic mass is 127. The highest BCUT2D eigenvalue weighted by molar-refractivity contribution is 14.0. The molecule has 0 aliphatic carbocycles. The highest BCUT2D eigenvalue weighted by Gasteiger charge is 2.21. The van der Waals surface area contributed by atoms with Gasteiger partial charge in [-0.15, -0.1) is 24.0 Å². The third-order valence-corrected chi connectivity index (χ3v) is 5.21. The molecule has 3 rings (SSSR count). The average Bonchev–Trinajstić information content (AvgIpc) is 3.26. The lowest BCUT2D eigenvalue weighted by Gasteiger charge is -2.34. The van der Waals surface area contributed by atoms with Gasteiger partial charge in [0.2, 0.25) is 5.91 Å². The van der Waals surface area contributed by atoms with Crippen LogP contribution in [0.4, 0.5) is 0 Å². The molecule has 1 amide bonds. The van der Waals surface area contributed by atoms with E-state index in [0.29, 0.717) is 18.5 Å². The molecule has 1 aliphatic rings. The molecule has 1 unspecified atom stereocenters. The van der Waals surface area contributed by atoms with E-state index < -0.39 is 0 Å². The Morgan fingerprint density at radius 2 is 2.03 bits per heavy atom. The molecule has 0 radical (unpaired) electrons. The van der Waals surface area contributed by atoms with E-state index in [1.165, 1.54) is 5.56 Å². The molecule has 1 aliphatic heterocycles. The Balaban J connectivity index is 0.00000341. The molecule has 1 atom stereocenters. The van der Waals surface area contributed by atoms with Crippen LogP contribution in [0.25, 0.3) is 0 Å². The van der Waals surface area contributed by atoms with Crippen LogP contribution in [0.1, 0.15) is 24.2 Å². The van der Waals surface area contributed by atoms with Crippen molar-refractivity contribution >= 4 is 35.8 Å². The van der Waals surface area contributed by atoms with E-state index >= 15 is 0 Å². The fraction of sp³-hybridized carbons (Fsp3) is 0.478. The van der Waals surface area contributed by atoms with Gasteiger partial charge in [0.1, 0.15) is 12.3 Å². The summed E-state index contributed by atoms with van der Waals surface area (Å²) in [4.78, 5) is 20.6. The van der Waals surface area contributed by atoms with Crippen LogP contribution in [0.5, 0.6) is 0 Å². The molecular formula is C23H34IN5O2. The first kappa shape index (κ1) is 25.2. The van der Waals surface area contributed by atoms with Crippen LogP contribution in [0.2, 0.25) is 0 Å². The molecular weight excluding hydrogens is 505 g/mol. The number of likely N-dealkylation sites (tertiary alicyclic amines) is 1. The molecule has 2 N–H and O–H groups in total. The number of aliphatic imine (C=N–C) groups is 1. The normalized spacial score (nSPS) is 17.0. The number of amides is 1. The Hall–Kier alpha value is -2.07. The number of nitrogens with zero attached hydrogens (tertiary/aromatic N) is 3. The number of furan rings is 1. The van der Waals surface area contributed by atoms with Gasteiger partial charge in [-0.3, -0.25) is 9.69 Å². The Bertz CT molecular complexity index is 796. The van der Waals surface area contributed by atoms with Gasteiger partial charge in [0.25, 0.3) is 0 Å². The number of benzene rings is 1. The molecule has 0 saturated carbocycles. The van der Waals surface area contributed by atoms with E-state index in [9.17, 15) is 4.79 Å². The molecule has 0 spiro atoms. The number of likely N-dealkylation sites (N-methyl/N-ethyl adjacent to an activating group) is 1. The summed E-state index contributed by atoms with van der Waals surface area (Å²) in [6, 6.07) is 14.7. The van der Waals surface area contributed by atoms with Crippen molar-refractivity contribution in [1.29, 1.82) is 0 Å². The van der Waals surface area contributed by atoms with E-state index in [2.05, 4.69) is 50.9 Å². The Labute approximate surface area is 202 Å². The monoisotopic (exact) mass is 539 g/mol. The van der Waals surface area contributed by atoms with Crippen molar-refractivity contribution in [3.05, 3.63) is 60.1 Å². The maximum Gasteiger partial charge on any atom is 0.243 e. The van der Waals surface area contributed by atoms with Crippen LogP contribution in [-0.4, -0.2) is 68.0 Å². The summed E-state index contributed by atoms with van der Waals surface area (Å²) in [5.74, 6) is 1.60. The number of rotatable bonds is 8. The van der Waals surface area contributed by atoms with Crippen molar-refractivity contribution < 1.29 is 9.21 Å². The summed E-state index contributed by atoms with van der Waals surface area (Å²) in [7, 11) is 3.50. The summed E-state index contributed by atoms with van der Waals surface area (Å²) in [6.45, 7) is 3.83. The molecule has 170 valence electrons. The van der Waals surface area contributed by atoms with Crippen LogP contribution in [-0.2, 0) is 17.8 Å².